The monoisotopic (exact) mass is 240 g/mol. The van der Waals surface area contributed by atoms with Gasteiger partial charge in [-0.05, 0) is 25.4 Å². The zero-order chi connectivity index (χ0) is 12.3. The summed E-state index contributed by atoms with van der Waals surface area (Å²) in [5.41, 5.74) is -1.03. The van der Waals surface area contributed by atoms with Gasteiger partial charge in [0.1, 0.15) is 6.20 Å². The zero-order valence-electron chi connectivity index (χ0n) is 8.69. The molecule has 1 aromatic rings. The van der Waals surface area contributed by atoms with Gasteiger partial charge in [-0.3, -0.25) is 10.1 Å². The molecule has 1 heterocycles. The lowest BCUT2D eigenvalue weighted by atomic mass is 10.1. The molecule has 0 aliphatic carbocycles. The fraction of sp³-hybridized carbons (Fsp3) is 0.333. The van der Waals surface area contributed by atoms with Crippen LogP contribution in [0.5, 0.6) is 0 Å². The Balaban J connectivity index is 3.17. The van der Waals surface area contributed by atoms with Gasteiger partial charge in [-0.1, -0.05) is 5.92 Å². The highest BCUT2D eigenvalue weighted by Gasteiger charge is 2.22. The third-order valence-electron chi connectivity index (χ3n) is 1.73. The number of halogens is 1. The van der Waals surface area contributed by atoms with E-state index in [2.05, 4.69) is 21.2 Å². The van der Waals surface area contributed by atoms with Gasteiger partial charge in [0.25, 0.3) is 0 Å². The summed E-state index contributed by atoms with van der Waals surface area (Å²) >= 11 is 5.56. The predicted molar refractivity (Wildman–Crippen MR) is 60.2 cm³/mol. The third-order valence-corrected chi connectivity index (χ3v) is 1.91. The van der Waals surface area contributed by atoms with Gasteiger partial charge in [0.05, 0.1) is 10.5 Å². The van der Waals surface area contributed by atoms with E-state index in [1.807, 2.05) is 0 Å². The van der Waals surface area contributed by atoms with E-state index in [-0.39, 0.29) is 16.8 Å². The first-order valence-electron chi connectivity index (χ1n) is 4.28. The van der Waals surface area contributed by atoms with Gasteiger partial charge in [-0.2, -0.15) is 4.98 Å². The summed E-state index contributed by atoms with van der Waals surface area (Å²) in [6.07, 6.45) is 6.29. The van der Waals surface area contributed by atoms with Crippen LogP contribution in [0, 0.1) is 22.5 Å². The summed E-state index contributed by atoms with van der Waals surface area (Å²) in [4.78, 5) is 17.4. The van der Waals surface area contributed by atoms with E-state index < -0.39 is 10.5 Å². The summed E-state index contributed by atoms with van der Waals surface area (Å²) in [5.74, 6) is 2.45. The minimum Gasteiger partial charge on any atom is -0.349 e. The summed E-state index contributed by atoms with van der Waals surface area (Å²) in [5, 5.41) is 13.4. The van der Waals surface area contributed by atoms with Crippen LogP contribution >= 0.6 is 11.6 Å². The second-order valence-corrected chi connectivity index (χ2v) is 3.86. The standard InChI is InChI=1S/C9H9ClN4O2/c1-4-9(2,3)13-7-6(14(15)16)5-11-8(10)12-7/h1,5H,2-3H3,(H,11,12,13). The average Bonchev–Trinajstić information content (AvgIpc) is 2.16. The van der Waals surface area contributed by atoms with Crippen molar-refractivity contribution in [2.45, 2.75) is 19.4 Å². The van der Waals surface area contributed by atoms with Crippen molar-refractivity contribution in [3.8, 4) is 12.3 Å². The van der Waals surface area contributed by atoms with Crippen LogP contribution in [0.2, 0.25) is 5.28 Å². The van der Waals surface area contributed by atoms with Crippen molar-refractivity contribution in [2.75, 3.05) is 5.32 Å². The molecule has 16 heavy (non-hydrogen) atoms. The van der Waals surface area contributed by atoms with Crippen molar-refractivity contribution >= 4 is 23.1 Å². The van der Waals surface area contributed by atoms with Crippen molar-refractivity contribution < 1.29 is 4.92 Å². The van der Waals surface area contributed by atoms with Crippen LogP contribution in [0.15, 0.2) is 6.20 Å². The van der Waals surface area contributed by atoms with Crippen molar-refractivity contribution in [1.29, 1.82) is 0 Å². The highest BCUT2D eigenvalue weighted by Crippen LogP contribution is 2.24. The Kier molecular flexibility index (Phi) is 3.30. The molecule has 0 unspecified atom stereocenters. The minimum absolute atomic E-state index is 0.00736. The maximum atomic E-state index is 10.7. The van der Waals surface area contributed by atoms with Crippen LogP contribution in [0.4, 0.5) is 11.5 Å². The molecular weight excluding hydrogens is 232 g/mol. The number of hydrogen-bond donors (Lipinski definition) is 1. The van der Waals surface area contributed by atoms with Crippen LogP contribution in [-0.2, 0) is 0 Å². The molecule has 0 bridgehead atoms. The Morgan fingerprint density at radius 1 is 1.69 bits per heavy atom. The molecule has 0 spiro atoms. The van der Waals surface area contributed by atoms with E-state index >= 15 is 0 Å². The number of nitro groups is 1. The Morgan fingerprint density at radius 2 is 2.31 bits per heavy atom. The molecule has 1 aromatic heterocycles. The number of nitrogens with zero attached hydrogens (tertiary/aromatic N) is 3. The molecular formula is C9H9ClN4O2. The number of rotatable bonds is 3. The number of anilines is 1. The average molecular weight is 241 g/mol. The van der Waals surface area contributed by atoms with E-state index in [0.717, 1.165) is 6.20 Å². The molecule has 0 aliphatic heterocycles. The topological polar surface area (TPSA) is 81.0 Å². The van der Waals surface area contributed by atoms with E-state index in [1.165, 1.54) is 0 Å². The number of terminal acetylenes is 1. The van der Waals surface area contributed by atoms with E-state index in [1.54, 1.807) is 13.8 Å². The van der Waals surface area contributed by atoms with Crippen LogP contribution in [0.1, 0.15) is 13.8 Å². The number of hydrogen-bond acceptors (Lipinski definition) is 5. The molecule has 1 N–H and O–H groups in total. The Labute approximate surface area is 97.2 Å². The second-order valence-electron chi connectivity index (χ2n) is 3.52. The van der Waals surface area contributed by atoms with Gasteiger partial charge in [0.15, 0.2) is 0 Å². The summed E-state index contributed by atoms with van der Waals surface area (Å²) in [7, 11) is 0. The van der Waals surface area contributed by atoms with Gasteiger partial charge in [0.2, 0.25) is 11.1 Å². The van der Waals surface area contributed by atoms with Gasteiger partial charge < -0.3 is 5.32 Å². The van der Waals surface area contributed by atoms with Gasteiger partial charge in [-0.25, -0.2) is 4.98 Å². The van der Waals surface area contributed by atoms with E-state index in [0.29, 0.717) is 0 Å². The largest absolute Gasteiger partial charge is 0.349 e. The molecule has 0 radical (unpaired) electrons. The quantitative estimate of drug-likeness (QED) is 0.377. The predicted octanol–water partition coefficient (Wildman–Crippen LogP) is 1.86. The van der Waals surface area contributed by atoms with E-state index in [4.69, 9.17) is 18.0 Å². The van der Waals surface area contributed by atoms with Crippen LogP contribution in [0.3, 0.4) is 0 Å². The molecule has 0 saturated carbocycles. The van der Waals surface area contributed by atoms with Crippen molar-refractivity contribution in [1.82, 2.24) is 9.97 Å². The Hall–Kier alpha value is -1.87. The summed E-state index contributed by atoms with van der Waals surface area (Å²) in [6, 6.07) is 0. The smallest absolute Gasteiger partial charge is 0.329 e. The molecule has 0 atom stereocenters. The summed E-state index contributed by atoms with van der Waals surface area (Å²) < 4.78 is 0. The number of nitrogens with one attached hydrogen (secondary N) is 1. The van der Waals surface area contributed by atoms with Gasteiger partial charge >= 0.3 is 5.69 Å². The van der Waals surface area contributed by atoms with Crippen molar-refractivity contribution in [3.05, 3.63) is 21.6 Å². The highest BCUT2D eigenvalue weighted by atomic mass is 35.5. The molecule has 0 fully saturated rings. The molecule has 0 aliphatic rings. The molecule has 7 heteroatoms. The normalized spacial score (nSPS) is 10.6. The summed E-state index contributed by atoms with van der Waals surface area (Å²) in [6.45, 7) is 3.37. The lowest BCUT2D eigenvalue weighted by molar-refractivity contribution is -0.384. The fourth-order valence-electron chi connectivity index (χ4n) is 0.912. The Bertz CT molecular complexity index is 467. The SMILES string of the molecule is C#CC(C)(C)Nc1nc(Cl)ncc1[N+](=O)[O-]. The number of aromatic nitrogens is 2. The Morgan fingerprint density at radius 3 is 2.81 bits per heavy atom. The van der Waals surface area contributed by atoms with E-state index in [9.17, 15) is 10.1 Å². The maximum Gasteiger partial charge on any atom is 0.329 e. The van der Waals surface area contributed by atoms with Crippen molar-refractivity contribution in [3.63, 3.8) is 0 Å². The second kappa shape index (κ2) is 4.33. The lowest BCUT2D eigenvalue weighted by Gasteiger charge is -2.19. The first-order chi connectivity index (χ1) is 7.35. The third kappa shape index (κ3) is 2.81. The highest BCUT2D eigenvalue weighted by molar-refractivity contribution is 6.28. The van der Waals surface area contributed by atoms with Crippen molar-refractivity contribution in [2.24, 2.45) is 0 Å². The van der Waals surface area contributed by atoms with Gasteiger partial charge in [-0.15, -0.1) is 6.42 Å². The van der Waals surface area contributed by atoms with Crippen LogP contribution < -0.4 is 5.32 Å². The zero-order valence-corrected chi connectivity index (χ0v) is 9.45. The van der Waals surface area contributed by atoms with Crippen LogP contribution in [-0.4, -0.2) is 20.4 Å². The maximum absolute atomic E-state index is 10.7. The molecule has 84 valence electrons. The fourth-order valence-corrected chi connectivity index (χ4v) is 1.04. The molecule has 1 rings (SSSR count). The molecule has 0 amide bonds. The lowest BCUT2D eigenvalue weighted by Crippen LogP contribution is -2.29. The minimum atomic E-state index is -0.761. The first kappa shape index (κ1) is 12.2. The first-order valence-corrected chi connectivity index (χ1v) is 4.66. The van der Waals surface area contributed by atoms with Crippen LogP contribution in [0.25, 0.3) is 0 Å². The molecule has 6 nitrogen and oxygen atoms in total. The van der Waals surface area contributed by atoms with Gasteiger partial charge in [0, 0.05) is 0 Å². The molecule has 0 saturated heterocycles. The molecule has 0 aromatic carbocycles.